The van der Waals surface area contributed by atoms with Gasteiger partial charge in [-0.25, -0.2) is 4.98 Å². The lowest BCUT2D eigenvalue weighted by atomic mass is 10.4. The fourth-order valence-corrected chi connectivity index (χ4v) is 1.59. The highest BCUT2D eigenvalue weighted by Crippen LogP contribution is 2.01. The van der Waals surface area contributed by atoms with Crippen LogP contribution in [0.3, 0.4) is 0 Å². The molecule has 0 aliphatic carbocycles. The minimum absolute atomic E-state index is 0.150. The van der Waals surface area contributed by atoms with E-state index in [2.05, 4.69) is 10.3 Å². The quantitative estimate of drug-likeness (QED) is 0.602. The summed E-state index contributed by atoms with van der Waals surface area (Å²) >= 11 is 6.73. The zero-order chi connectivity index (χ0) is 11.8. The van der Waals surface area contributed by atoms with Crippen molar-refractivity contribution in [1.29, 1.82) is 0 Å². The van der Waals surface area contributed by atoms with Crippen LogP contribution in [0.25, 0.3) is 0 Å². The Bertz CT molecular complexity index is 343. The second-order valence-electron chi connectivity index (χ2n) is 2.86. The van der Waals surface area contributed by atoms with Gasteiger partial charge < -0.3 is 10.1 Å². The maximum atomic E-state index is 11.1. The standard InChI is InChI=1S/C9H11ClN2O3S/c10-3-8(13)11-4-9(14)15-2-1-7-5-16-6-12-7/h5-6H,1-4H2,(H,11,13). The summed E-state index contributed by atoms with van der Waals surface area (Å²) in [4.78, 5) is 25.9. The normalized spacial score (nSPS) is 9.81. The number of aromatic nitrogens is 1. The molecule has 7 heteroatoms. The lowest BCUT2D eigenvalue weighted by Crippen LogP contribution is -2.31. The van der Waals surface area contributed by atoms with Gasteiger partial charge in [0.2, 0.25) is 5.91 Å². The molecule has 1 amide bonds. The number of hydrogen-bond acceptors (Lipinski definition) is 5. The Morgan fingerprint density at radius 3 is 3.00 bits per heavy atom. The van der Waals surface area contributed by atoms with Crippen molar-refractivity contribution < 1.29 is 14.3 Å². The number of carbonyl (C=O) groups excluding carboxylic acids is 2. The molecule has 0 atom stereocenters. The van der Waals surface area contributed by atoms with E-state index in [0.717, 1.165) is 5.69 Å². The van der Waals surface area contributed by atoms with Crippen molar-refractivity contribution in [3.8, 4) is 0 Å². The third-order valence-electron chi connectivity index (χ3n) is 1.66. The molecule has 0 aliphatic rings. The summed E-state index contributed by atoms with van der Waals surface area (Å²) in [5, 5.41) is 4.21. The SMILES string of the molecule is O=C(CCl)NCC(=O)OCCc1cscn1. The fraction of sp³-hybridized carbons (Fsp3) is 0.444. The summed E-state index contributed by atoms with van der Waals surface area (Å²) in [7, 11) is 0. The van der Waals surface area contributed by atoms with Crippen LogP contribution < -0.4 is 5.32 Å². The number of carbonyl (C=O) groups is 2. The Morgan fingerprint density at radius 1 is 1.56 bits per heavy atom. The van der Waals surface area contributed by atoms with E-state index in [-0.39, 0.29) is 19.0 Å². The molecule has 16 heavy (non-hydrogen) atoms. The van der Waals surface area contributed by atoms with Crippen molar-refractivity contribution in [2.24, 2.45) is 0 Å². The summed E-state index contributed by atoms with van der Waals surface area (Å²) in [6.45, 7) is 0.113. The first-order valence-electron chi connectivity index (χ1n) is 4.57. The number of nitrogens with zero attached hydrogens (tertiary/aromatic N) is 1. The lowest BCUT2D eigenvalue weighted by Gasteiger charge is -2.04. The highest BCUT2D eigenvalue weighted by Gasteiger charge is 2.05. The maximum absolute atomic E-state index is 11.1. The van der Waals surface area contributed by atoms with Crippen LogP contribution in [0.1, 0.15) is 5.69 Å². The summed E-state index contributed by atoms with van der Waals surface area (Å²) in [5.41, 5.74) is 2.61. The molecule has 5 nitrogen and oxygen atoms in total. The van der Waals surface area contributed by atoms with Crippen molar-refractivity contribution >= 4 is 34.8 Å². The van der Waals surface area contributed by atoms with Crippen LogP contribution in [-0.2, 0) is 20.7 Å². The van der Waals surface area contributed by atoms with Crippen LogP contribution in [0, 0.1) is 0 Å². The molecule has 1 aromatic rings. The molecule has 0 radical (unpaired) electrons. The summed E-state index contributed by atoms with van der Waals surface area (Å²) in [6, 6.07) is 0. The molecule has 1 aromatic heterocycles. The number of rotatable bonds is 6. The Balaban J connectivity index is 2.09. The van der Waals surface area contributed by atoms with Gasteiger partial charge in [0, 0.05) is 11.8 Å². The average Bonchev–Trinajstić information content (AvgIpc) is 2.79. The van der Waals surface area contributed by atoms with Crippen LogP contribution in [0.4, 0.5) is 0 Å². The molecule has 0 bridgehead atoms. The third-order valence-corrected chi connectivity index (χ3v) is 2.53. The Hall–Kier alpha value is -1.14. The first-order chi connectivity index (χ1) is 7.72. The molecule has 0 aliphatic heterocycles. The average molecular weight is 263 g/mol. The molecule has 1 heterocycles. The first-order valence-corrected chi connectivity index (χ1v) is 6.05. The van der Waals surface area contributed by atoms with Gasteiger partial charge in [-0.2, -0.15) is 0 Å². The topological polar surface area (TPSA) is 68.3 Å². The van der Waals surface area contributed by atoms with Gasteiger partial charge in [0.25, 0.3) is 0 Å². The van der Waals surface area contributed by atoms with E-state index in [0.29, 0.717) is 6.42 Å². The van der Waals surface area contributed by atoms with E-state index in [9.17, 15) is 9.59 Å². The van der Waals surface area contributed by atoms with Gasteiger partial charge in [-0.1, -0.05) is 0 Å². The number of nitrogens with one attached hydrogen (secondary N) is 1. The molecule has 0 saturated carbocycles. The molecular formula is C9H11ClN2O3S. The molecule has 0 unspecified atom stereocenters. The number of halogens is 1. The van der Waals surface area contributed by atoms with E-state index in [1.807, 2.05) is 5.38 Å². The summed E-state index contributed by atoms with van der Waals surface area (Å²) in [6.07, 6.45) is 0.582. The predicted molar refractivity (Wildman–Crippen MR) is 60.5 cm³/mol. The van der Waals surface area contributed by atoms with Gasteiger partial charge in [0.05, 0.1) is 17.8 Å². The highest BCUT2D eigenvalue weighted by atomic mass is 35.5. The minimum Gasteiger partial charge on any atom is -0.464 e. The smallest absolute Gasteiger partial charge is 0.325 e. The van der Waals surface area contributed by atoms with Crippen LogP contribution in [0.2, 0.25) is 0 Å². The Morgan fingerprint density at radius 2 is 2.38 bits per heavy atom. The Kier molecular flexibility index (Phi) is 5.81. The van der Waals surface area contributed by atoms with Gasteiger partial charge in [0.15, 0.2) is 0 Å². The van der Waals surface area contributed by atoms with Crippen LogP contribution in [0.15, 0.2) is 10.9 Å². The second-order valence-corrected chi connectivity index (χ2v) is 3.85. The molecule has 1 N–H and O–H groups in total. The molecule has 0 aromatic carbocycles. The Labute approximate surface area is 102 Å². The van der Waals surface area contributed by atoms with Gasteiger partial charge in [-0.3, -0.25) is 9.59 Å². The van der Waals surface area contributed by atoms with E-state index >= 15 is 0 Å². The van der Waals surface area contributed by atoms with Crippen molar-refractivity contribution in [3.63, 3.8) is 0 Å². The van der Waals surface area contributed by atoms with Crippen molar-refractivity contribution in [3.05, 3.63) is 16.6 Å². The molecule has 0 saturated heterocycles. The summed E-state index contributed by atoms with van der Waals surface area (Å²) in [5.74, 6) is -1.03. The lowest BCUT2D eigenvalue weighted by molar-refractivity contribution is -0.143. The van der Waals surface area contributed by atoms with Crippen LogP contribution in [0.5, 0.6) is 0 Å². The molecule has 88 valence electrons. The number of thiazole rings is 1. The van der Waals surface area contributed by atoms with Crippen LogP contribution in [-0.4, -0.2) is 35.9 Å². The van der Waals surface area contributed by atoms with Crippen LogP contribution >= 0.6 is 22.9 Å². The largest absolute Gasteiger partial charge is 0.464 e. The third kappa shape index (κ3) is 5.09. The number of alkyl halides is 1. The van der Waals surface area contributed by atoms with E-state index in [1.54, 1.807) is 5.51 Å². The van der Waals surface area contributed by atoms with Crippen molar-refractivity contribution in [2.45, 2.75) is 6.42 Å². The zero-order valence-electron chi connectivity index (χ0n) is 8.44. The zero-order valence-corrected chi connectivity index (χ0v) is 10.0. The van der Waals surface area contributed by atoms with E-state index < -0.39 is 11.9 Å². The number of ether oxygens (including phenoxy) is 1. The van der Waals surface area contributed by atoms with Crippen molar-refractivity contribution in [1.82, 2.24) is 10.3 Å². The second kappa shape index (κ2) is 7.19. The minimum atomic E-state index is -0.478. The van der Waals surface area contributed by atoms with Gasteiger partial charge in [-0.05, 0) is 0 Å². The number of esters is 1. The van der Waals surface area contributed by atoms with Crippen molar-refractivity contribution in [2.75, 3.05) is 19.0 Å². The predicted octanol–water partition coefficient (Wildman–Crippen LogP) is 0.584. The fourth-order valence-electron chi connectivity index (χ4n) is 0.899. The summed E-state index contributed by atoms with van der Waals surface area (Å²) < 4.78 is 4.88. The van der Waals surface area contributed by atoms with Gasteiger partial charge in [-0.15, -0.1) is 22.9 Å². The van der Waals surface area contributed by atoms with Gasteiger partial charge in [0.1, 0.15) is 12.4 Å². The first kappa shape index (κ1) is 12.9. The maximum Gasteiger partial charge on any atom is 0.325 e. The highest BCUT2D eigenvalue weighted by molar-refractivity contribution is 7.07. The molecule has 1 rings (SSSR count). The monoisotopic (exact) mass is 262 g/mol. The molecule has 0 spiro atoms. The molecular weight excluding hydrogens is 252 g/mol. The number of hydrogen-bond donors (Lipinski definition) is 1. The van der Waals surface area contributed by atoms with E-state index in [1.165, 1.54) is 11.3 Å². The molecule has 0 fully saturated rings. The van der Waals surface area contributed by atoms with E-state index in [4.69, 9.17) is 16.3 Å². The van der Waals surface area contributed by atoms with Gasteiger partial charge >= 0.3 is 5.97 Å². The number of amides is 1.